The molecule has 1 aliphatic heterocycles. The zero-order chi connectivity index (χ0) is 28.9. The van der Waals surface area contributed by atoms with Gasteiger partial charge in [0.05, 0.1) is 19.3 Å². The van der Waals surface area contributed by atoms with Gasteiger partial charge in [0, 0.05) is 28.5 Å². The Labute approximate surface area is 239 Å². The molecule has 0 unspecified atom stereocenters. The molecule has 4 atom stereocenters. The van der Waals surface area contributed by atoms with Crippen LogP contribution in [0.2, 0.25) is 0 Å². The number of hydrogen-bond donors (Lipinski definition) is 4. The van der Waals surface area contributed by atoms with E-state index in [4.69, 9.17) is 4.74 Å². The number of anilines is 1. The molecule has 1 aromatic heterocycles. The van der Waals surface area contributed by atoms with Gasteiger partial charge in [0.15, 0.2) is 4.91 Å². The Morgan fingerprint density at radius 3 is 2.48 bits per heavy atom. The first-order chi connectivity index (χ1) is 19.2. The highest BCUT2D eigenvalue weighted by molar-refractivity contribution is 7.93. The summed E-state index contributed by atoms with van der Waals surface area (Å²) in [5.41, 5.74) is 2.19. The number of fused-ring (bicyclic) bond motifs is 1. The molecule has 4 rings (SSSR count). The van der Waals surface area contributed by atoms with Gasteiger partial charge in [-0.15, -0.1) is 11.3 Å². The molecular formula is C29H35N3O6S2. The summed E-state index contributed by atoms with van der Waals surface area (Å²) < 4.78 is 33.3. The summed E-state index contributed by atoms with van der Waals surface area (Å²) in [6.07, 6.45) is -0.534. The third-order valence-electron chi connectivity index (χ3n) is 6.88. The Kier molecular flexibility index (Phi) is 9.97. The molecule has 214 valence electrons. The van der Waals surface area contributed by atoms with Crippen LogP contribution in [0.5, 0.6) is 0 Å². The van der Waals surface area contributed by atoms with Gasteiger partial charge in [-0.25, -0.2) is 13.1 Å². The van der Waals surface area contributed by atoms with Gasteiger partial charge in [-0.1, -0.05) is 32.0 Å². The number of ether oxygens (including phenoxy) is 1. The van der Waals surface area contributed by atoms with E-state index in [1.54, 1.807) is 12.1 Å². The molecule has 11 heteroatoms. The molecule has 1 saturated heterocycles. The molecule has 0 saturated carbocycles. The number of hydrogen-bond acceptors (Lipinski definition) is 9. The van der Waals surface area contributed by atoms with Gasteiger partial charge in [-0.2, -0.15) is 5.26 Å². The molecule has 0 bridgehead atoms. The molecule has 0 radical (unpaired) electrons. The minimum atomic E-state index is -4.32. The molecule has 2 heterocycles. The molecule has 0 amide bonds. The first-order valence-corrected chi connectivity index (χ1v) is 15.6. The summed E-state index contributed by atoms with van der Waals surface area (Å²) >= 11 is 1.36. The highest BCUT2D eigenvalue weighted by Crippen LogP contribution is 2.33. The van der Waals surface area contributed by atoms with Gasteiger partial charge >= 0.3 is 0 Å². The van der Waals surface area contributed by atoms with Crippen LogP contribution in [0.15, 0.2) is 53.4 Å². The highest BCUT2D eigenvalue weighted by Gasteiger charge is 2.40. The Morgan fingerprint density at radius 1 is 1.10 bits per heavy atom. The lowest BCUT2D eigenvalue weighted by Gasteiger charge is -2.36. The zero-order valence-electron chi connectivity index (χ0n) is 22.5. The monoisotopic (exact) mass is 585 g/mol. The Balaban J connectivity index is 1.53. The molecule has 3 aromatic rings. The van der Waals surface area contributed by atoms with Crippen LogP contribution >= 0.6 is 11.3 Å². The van der Waals surface area contributed by atoms with E-state index in [2.05, 4.69) is 53.8 Å². The van der Waals surface area contributed by atoms with Crippen molar-refractivity contribution in [2.24, 2.45) is 0 Å². The average Bonchev–Trinajstić information content (AvgIpc) is 3.42. The van der Waals surface area contributed by atoms with Crippen molar-refractivity contribution < 1.29 is 28.5 Å². The highest BCUT2D eigenvalue weighted by atomic mass is 32.2. The second kappa shape index (κ2) is 13.2. The normalized spacial score (nSPS) is 21.9. The summed E-state index contributed by atoms with van der Waals surface area (Å²) in [5, 5.41) is 41.4. The molecular weight excluding hydrogens is 550 g/mol. The van der Waals surface area contributed by atoms with Crippen molar-refractivity contribution in [3.05, 3.63) is 58.3 Å². The molecule has 40 heavy (non-hydrogen) atoms. The van der Waals surface area contributed by atoms with Gasteiger partial charge in [0.2, 0.25) is 0 Å². The maximum Gasteiger partial charge on any atom is 0.251 e. The third-order valence-corrected chi connectivity index (χ3v) is 9.36. The first kappa shape index (κ1) is 30.1. The van der Waals surface area contributed by atoms with Crippen LogP contribution in [0.1, 0.15) is 31.6 Å². The van der Waals surface area contributed by atoms with Crippen molar-refractivity contribution in [3.8, 4) is 16.5 Å². The fourth-order valence-corrected chi connectivity index (χ4v) is 6.94. The molecule has 4 N–H and O–H groups in total. The summed E-state index contributed by atoms with van der Waals surface area (Å²) in [7, 11) is -4.32. The number of aliphatic hydroxyl groups excluding tert-OH is 3. The first-order valence-electron chi connectivity index (χ1n) is 13.3. The number of thiophene rings is 1. The quantitative estimate of drug-likeness (QED) is 0.251. The van der Waals surface area contributed by atoms with Crippen molar-refractivity contribution >= 4 is 43.9 Å². The van der Waals surface area contributed by atoms with E-state index in [1.165, 1.54) is 23.1 Å². The van der Waals surface area contributed by atoms with Gasteiger partial charge < -0.3 is 25.0 Å². The molecule has 0 spiro atoms. The van der Waals surface area contributed by atoms with Crippen LogP contribution in [-0.4, -0.2) is 74.4 Å². The lowest BCUT2D eigenvalue weighted by atomic mass is 9.99. The maximum atomic E-state index is 12.9. The smallest absolute Gasteiger partial charge is 0.251 e. The van der Waals surface area contributed by atoms with E-state index in [0.29, 0.717) is 4.88 Å². The fraction of sp³-hybridized carbons (Fsp3) is 0.414. The van der Waals surface area contributed by atoms with E-state index in [0.717, 1.165) is 47.1 Å². The number of aliphatic hydroxyl groups is 3. The number of sulfonamides is 1. The number of rotatable bonds is 11. The van der Waals surface area contributed by atoms with Crippen LogP contribution in [0.25, 0.3) is 27.3 Å². The lowest BCUT2D eigenvalue weighted by molar-refractivity contribution is -0.158. The predicted octanol–water partition coefficient (Wildman–Crippen LogP) is 3.46. The van der Waals surface area contributed by atoms with Gasteiger partial charge in [0.25, 0.3) is 10.0 Å². The van der Waals surface area contributed by atoms with Crippen LogP contribution in [0, 0.1) is 11.3 Å². The average molecular weight is 586 g/mol. The van der Waals surface area contributed by atoms with E-state index in [1.807, 2.05) is 12.1 Å². The van der Waals surface area contributed by atoms with Crippen molar-refractivity contribution in [2.75, 3.05) is 31.2 Å². The number of allylic oxidation sites excluding steroid dienone is 1. The van der Waals surface area contributed by atoms with E-state index in [9.17, 15) is 29.0 Å². The zero-order valence-corrected chi connectivity index (χ0v) is 24.2. The summed E-state index contributed by atoms with van der Waals surface area (Å²) in [6, 6.07) is 16.9. The second-order valence-corrected chi connectivity index (χ2v) is 12.6. The second-order valence-electron chi connectivity index (χ2n) is 9.82. The van der Waals surface area contributed by atoms with Crippen LogP contribution in [0.3, 0.4) is 0 Å². The maximum absolute atomic E-state index is 12.9. The van der Waals surface area contributed by atoms with Crippen molar-refractivity contribution in [1.82, 2.24) is 4.72 Å². The van der Waals surface area contributed by atoms with E-state index < -0.39 is 45.9 Å². The summed E-state index contributed by atoms with van der Waals surface area (Å²) in [6.45, 7) is 5.61. The minimum Gasteiger partial charge on any atom is -0.394 e. The predicted molar refractivity (Wildman–Crippen MR) is 158 cm³/mol. The lowest BCUT2D eigenvalue weighted by Crippen LogP contribution is -2.59. The number of benzene rings is 2. The van der Waals surface area contributed by atoms with Gasteiger partial charge in [-0.3, -0.25) is 0 Å². The van der Waals surface area contributed by atoms with Crippen LogP contribution < -0.4 is 9.62 Å². The largest absolute Gasteiger partial charge is 0.394 e. The minimum absolute atomic E-state index is 0.261. The Bertz CT molecular complexity index is 1490. The standard InChI is InChI=1S/C29H35N3O6S2/c1-3-11-32(12-4-2)22-8-7-19-13-21(6-5-20(19)14-22)27-10-9-23(39-27)15-24(16-30)40(36,37)31-25-18-38-26(17-33)29(35)28(25)34/h5-10,13-15,25-26,28-29,31,33-35H,3-4,11-12,17-18H2,1-2H3/b24-15+/t25-,26+,28+,29+/m0/s1. The molecule has 1 aliphatic rings. The summed E-state index contributed by atoms with van der Waals surface area (Å²) in [5.74, 6) is 0. The summed E-state index contributed by atoms with van der Waals surface area (Å²) in [4.78, 5) is 3.37. The van der Waals surface area contributed by atoms with Crippen LogP contribution in [-0.2, 0) is 14.8 Å². The van der Waals surface area contributed by atoms with E-state index >= 15 is 0 Å². The van der Waals surface area contributed by atoms with Crippen molar-refractivity contribution in [1.29, 1.82) is 5.26 Å². The SMILES string of the molecule is CCCN(CCC)c1ccc2cc(-c3ccc(/C=C(\C#N)S(=O)(=O)N[C@H]4CO[C@H](CO)[C@@H](O)[C@@H]4O)s3)ccc2c1. The molecule has 1 fully saturated rings. The van der Waals surface area contributed by atoms with Gasteiger partial charge in [-0.05, 0) is 65.6 Å². The fourth-order valence-electron chi connectivity index (χ4n) is 4.79. The van der Waals surface area contributed by atoms with Gasteiger partial charge in [0.1, 0.15) is 24.4 Å². The number of nitrogens with one attached hydrogen (secondary N) is 1. The molecule has 0 aliphatic carbocycles. The number of nitriles is 1. The third kappa shape index (κ3) is 6.72. The Hall–Kier alpha value is -2.82. The number of nitrogens with zero attached hydrogens (tertiary/aromatic N) is 2. The van der Waals surface area contributed by atoms with Crippen molar-refractivity contribution in [2.45, 2.75) is 51.0 Å². The molecule has 9 nitrogen and oxygen atoms in total. The topological polar surface area (TPSA) is 143 Å². The van der Waals surface area contributed by atoms with Crippen molar-refractivity contribution in [3.63, 3.8) is 0 Å². The van der Waals surface area contributed by atoms with E-state index in [-0.39, 0.29) is 6.61 Å². The molecule has 2 aromatic carbocycles. The van der Waals surface area contributed by atoms with Crippen LogP contribution in [0.4, 0.5) is 5.69 Å². The Morgan fingerprint density at radius 2 is 1.80 bits per heavy atom.